The maximum absolute atomic E-state index is 10.4. The second-order valence-electron chi connectivity index (χ2n) is 6.81. The number of phenols is 1. The fraction of sp³-hybridized carbons (Fsp3) is 0.350. The third-order valence-corrected chi connectivity index (χ3v) is 5.33. The van der Waals surface area contributed by atoms with Gasteiger partial charge in [0, 0.05) is 28.8 Å². The monoisotopic (exact) mass is 355 g/mol. The van der Waals surface area contributed by atoms with Crippen LogP contribution in [0.15, 0.2) is 53.5 Å². The Morgan fingerprint density at radius 3 is 2.60 bits per heavy atom. The highest BCUT2D eigenvalue weighted by Crippen LogP contribution is 2.37. The Hall–Kier alpha value is -1.88. The second kappa shape index (κ2) is 6.79. The Morgan fingerprint density at radius 2 is 1.84 bits per heavy atom. The number of nitrogens with one attached hydrogen (secondary N) is 2. The molecule has 4 nitrogen and oxygen atoms in total. The van der Waals surface area contributed by atoms with Crippen molar-refractivity contribution in [3.05, 3.63) is 64.7 Å². The molecule has 4 rings (SSSR count). The van der Waals surface area contributed by atoms with E-state index in [1.165, 1.54) is 0 Å². The van der Waals surface area contributed by atoms with Crippen molar-refractivity contribution < 1.29 is 5.11 Å². The standard InChI is InChI=1S/C20H22ClN3O/c21-15-6-7-19(25)16(12-15)18-13-17(14-4-2-1-3-5-14)23-20(24-18)8-10-22-11-9-20/h1-7,12,18,22,24-25H,8-11,13H2. The summed E-state index contributed by atoms with van der Waals surface area (Å²) in [7, 11) is 0. The van der Waals surface area contributed by atoms with E-state index in [1.807, 2.05) is 24.3 Å². The molecule has 2 aliphatic heterocycles. The van der Waals surface area contributed by atoms with Crippen LogP contribution in [-0.4, -0.2) is 29.6 Å². The largest absolute Gasteiger partial charge is 0.508 e. The molecule has 2 aromatic rings. The second-order valence-corrected chi connectivity index (χ2v) is 7.25. The van der Waals surface area contributed by atoms with Crippen LogP contribution in [-0.2, 0) is 0 Å². The molecule has 1 atom stereocenters. The summed E-state index contributed by atoms with van der Waals surface area (Å²) in [6.45, 7) is 1.87. The minimum Gasteiger partial charge on any atom is -0.508 e. The van der Waals surface area contributed by atoms with Gasteiger partial charge in [0.25, 0.3) is 0 Å². The van der Waals surface area contributed by atoms with Crippen LogP contribution in [0.25, 0.3) is 0 Å². The number of rotatable bonds is 2. The highest BCUT2D eigenvalue weighted by atomic mass is 35.5. The highest BCUT2D eigenvalue weighted by molar-refractivity contribution is 6.30. The van der Waals surface area contributed by atoms with Crippen LogP contribution < -0.4 is 10.6 Å². The normalized spacial score (nSPS) is 22.6. The number of benzene rings is 2. The zero-order valence-electron chi connectivity index (χ0n) is 14.0. The number of halogens is 1. The van der Waals surface area contributed by atoms with E-state index < -0.39 is 0 Å². The predicted octanol–water partition coefficient (Wildman–Crippen LogP) is 3.65. The van der Waals surface area contributed by atoms with E-state index in [0.717, 1.165) is 49.2 Å². The average Bonchev–Trinajstić information content (AvgIpc) is 2.64. The fourth-order valence-corrected chi connectivity index (χ4v) is 3.99. The average molecular weight is 356 g/mol. The van der Waals surface area contributed by atoms with Crippen LogP contribution in [0, 0.1) is 0 Å². The van der Waals surface area contributed by atoms with Gasteiger partial charge in [0.2, 0.25) is 0 Å². The topological polar surface area (TPSA) is 56.7 Å². The molecule has 1 saturated heterocycles. The molecule has 0 aromatic heterocycles. The van der Waals surface area contributed by atoms with Gasteiger partial charge >= 0.3 is 0 Å². The van der Waals surface area contributed by atoms with E-state index in [4.69, 9.17) is 16.6 Å². The summed E-state index contributed by atoms with van der Waals surface area (Å²) < 4.78 is 0. The van der Waals surface area contributed by atoms with Gasteiger partial charge in [-0.3, -0.25) is 10.3 Å². The highest BCUT2D eigenvalue weighted by Gasteiger charge is 2.38. The van der Waals surface area contributed by atoms with Gasteiger partial charge in [-0.1, -0.05) is 41.9 Å². The molecule has 1 spiro atoms. The zero-order valence-corrected chi connectivity index (χ0v) is 14.8. The Labute approximate surface area is 152 Å². The van der Waals surface area contributed by atoms with Crippen molar-refractivity contribution in [2.75, 3.05) is 13.1 Å². The first kappa shape index (κ1) is 16.6. The van der Waals surface area contributed by atoms with Crippen molar-refractivity contribution in [3.8, 4) is 5.75 Å². The summed E-state index contributed by atoms with van der Waals surface area (Å²) in [6, 6.07) is 15.6. The molecule has 0 amide bonds. The third-order valence-electron chi connectivity index (χ3n) is 5.09. The molecule has 1 unspecified atom stereocenters. The molecular weight excluding hydrogens is 334 g/mol. The molecule has 3 N–H and O–H groups in total. The number of aliphatic imine (C=N–C) groups is 1. The number of phenolic OH excluding ortho intramolecular Hbond substituents is 1. The van der Waals surface area contributed by atoms with Gasteiger partial charge < -0.3 is 10.4 Å². The van der Waals surface area contributed by atoms with E-state index >= 15 is 0 Å². The molecule has 2 aromatic carbocycles. The van der Waals surface area contributed by atoms with Gasteiger partial charge in [-0.2, -0.15) is 0 Å². The van der Waals surface area contributed by atoms with Gasteiger partial charge in [0.15, 0.2) is 0 Å². The number of nitrogens with zero attached hydrogens (tertiary/aromatic N) is 1. The smallest absolute Gasteiger partial charge is 0.120 e. The first-order valence-corrected chi connectivity index (χ1v) is 9.14. The number of hydrogen-bond donors (Lipinski definition) is 3. The van der Waals surface area contributed by atoms with Crippen LogP contribution in [0.3, 0.4) is 0 Å². The molecule has 130 valence electrons. The summed E-state index contributed by atoms with van der Waals surface area (Å²) >= 11 is 6.19. The lowest BCUT2D eigenvalue weighted by atomic mass is 9.88. The molecule has 0 radical (unpaired) electrons. The minimum atomic E-state index is -0.284. The molecule has 0 aliphatic carbocycles. The van der Waals surface area contributed by atoms with Crippen LogP contribution in [0.1, 0.15) is 36.4 Å². The molecule has 2 heterocycles. The quantitative estimate of drug-likeness (QED) is 0.770. The molecule has 25 heavy (non-hydrogen) atoms. The van der Waals surface area contributed by atoms with Gasteiger partial charge in [-0.15, -0.1) is 0 Å². The van der Waals surface area contributed by atoms with Crippen molar-refractivity contribution in [1.82, 2.24) is 10.6 Å². The number of aromatic hydroxyl groups is 1. The van der Waals surface area contributed by atoms with E-state index in [-0.39, 0.29) is 17.5 Å². The van der Waals surface area contributed by atoms with E-state index in [2.05, 4.69) is 22.8 Å². The molecule has 2 aliphatic rings. The molecule has 1 fully saturated rings. The predicted molar refractivity (Wildman–Crippen MR) is 101 cm³/mol. The number of hydrogen-bond acceptors (Lipinski definition) is 4. The van der Waals surface area contributed by atoms with E-state index in [0.29, 0.717) is 5.02 Å². The van der Waals surface area contributed by atoms with Gasteiger partial charge in [-0.25, -0.2) is 0 Å². The van der Waals surface area contributed by atoms with Crippen LogP contribution in [0.2, 0.25) is 5.02 Å². The summed E-state index contributed by atoms with van der Waals surface area (Å²) in [6.07, 6.45) is 2.59. The Bertz CT molecular complexity index is 785. The fourth-order valence-electron chi connectivity index (χ4n) is 3.81. The van der Waals surface area contributed by atoms with Crippen molar-refractivity contribution in [3.63, 3.8) is 0 Å². The summed E-state index contributed by atoms with van der Waals surface area (Å²) in [5, 5.41) is 18.1. The molecule has 5 heteroatoms. The Morgan fingerprint density at radius 1 is 1.08 bits per heavy atom. The SMILES string of the molecule is Oc1ccc(Cl)cc1C1CC(c2ccccc2)=NC2(CCNCC2)N1. The molecule has 0 saturated carbocycles. The minimum absolute atomic E-state index is 0.00972. The summed E-state index contributed by atoms with van der Waals surface area (Å²) in [4.78, 5) is 5.12. The van der Waals surface area contributed by atoms with Gasteiger partial charge in [0.05, 0.1) is 0 Å². The summed E-state index contributed by atoms with van der Waals surface area (Å²) in [5.41, 5.74) is 2.79. The van der Waals surface area contributed by atoms with Crippen molar-refractivity contribution >= 4 is 17.3 Å². The summed E-state index contributed by atoms with van der Waals surface area (Å²) in [5.74, 6) is 0.278. The lowest BCUT2D eigenvalue weighted by Gasteiger charge is -2.42. The zero-order chi connectivity index (χ0) is 17.3. The molecule has 0 bridgehead atoms. The maximum Gasteiger partial charge on any atom is 0.120 e. The van der Waals surface area contributed by atoms with Crippen LogP contribution in [0.5, 0.6) is 5.75 Å². The van der Waals surface area contributed by atoms with E-state index in [9.17, 15) is 5.11 Å². The van der Waals surface area contributed by atoms with E-state index in [1.54, 1.807) is 12.1 Å². The van der Waals surface area contributed by atoms with Crippen molar-refractivity contribution in [2.24, 2.45) is 4.99 Å². The Balaban J connectivity index is 1.75. The Kier molecular flexibility index (Phi) is 4.50. The van der Waals surface area contributed by atoms with Crippen molar-refractivity contribution in [1.29, 1.82) is 0 Å². The third kappa shape index (κ3) is 3.43. The first-order chi connectivity index (χ1) is 12.2. The lowest BCUT2D eigenvalue weighted by molar-refractivity contribution is 0.216. The lowest BCUT2D eigenvalue weighted by Crippen LogP contribution is -2.55. The van der Waals surface area contributed by atoms with Gasteiger partial charge in [0.1, 0.15) is 11.4 Å². The van der Waals surface area contributed by atoms with Gasteiger partial charge in [-0.05, 0) is 49.7 Å². The number of piperidine rings is 1. The maximum atomic E-state index is 10.4. The van der Waals surface area contributed by atoms with Crippen LogP contribution >= 0.6 is 11.6 Å². The molecular formula is C20H22ClN3O. The van der Waals surface area contributed by atoms with Crippen LogP contribution in [0.4, 0.5) is 0 Å². The van der Waals surface area contributed by atoms with Crippen molar-refractivity contribution in [2.45, 2.75) is 31.0 Å². The first-order valence-electron chi connectivity index (χ1n) is 8.76.